The number of nitro benzene ring substituents is 1. The van der Waals surface area contributed by atoms with Gasteiger partial charge < -0.3 is 9.15 Å². The first-order valence-electron chi connectivity index (χ1n) is 8.18. The van der Waals surface area contributed by atoms with Gasteiger partial charge in [0.05, 0.1) is 4.92 Å². The van der Waals surface area contributed by atoms with E-state index in [0.29, 0.717) is 17.1 Å². The number of hydrogen-bond acceptors (Lipinski definition) is 6. The van der Waals surface area contributed by atoms with E-state index in [-0.39, 0.29) is 23.8 Å². The number of allylic oxidation sites excluding steroid dienone is 1. The van der Waals surface area contributed by atoms with Crippen LogP contribution in [0.3, 0.4) is 0 Å². The lowest BCUT2D eigenvalue weighted by Crippen LogP contribution is -1.97. The van der Waals surface area contributed by atoms with Crippen LogP contribution < -0.4 is 4.74 Å². The van der Waals surface area contributed by atoms with Crippen molar-refractivity contribution >= 4 is 28.9 Å². The molecule has 0 unspecified atom stereocenters. The average molecular weight is 383 g/mol. The standard InChI is InChI=1S/C20H17NO5S/c1-13-11-17(14(2)27-13)19(22)10-9-15-7-8-16(26-15)12-25-20-6-4-3-5-18(20)21(23)24/h3-11H,12H2,1-2H3/b10-9+. The summed E-state index contributed by atoms with van der Waals surface area (Å²) in [6.45, 7) is 3.94. The fraction of sp³-hybridized carbons (Fsp3) is 0.150. The van der Waals surface area contributed by atoms with E-state index in [4.69, 9.17) is 9.15 Å². The lowest BCUT2D eigenvalue weighted by Gasteiger charge is -2.04. The summed E-state index contributed by atoms with van der Waals surface area (Å²) in [5.74, 6) is 1.11. The zero-order valence-corrected chi connectivity index (χ0v) is 15.6. The topological polar surface area (TPSA) is 82.6 Å². The number of carbonyl (C=O) groups excluding carboxylic acids is 1. The van der Waals surface area contributed by atoms with Crippen molar-refractivity contribution in [3.63, 3.8) is 0 Å². The van der Waals surface area contributed by atoms with Gasteiger partial charge in [-0.15, -0.1) is 11.3 Å². The molecule has 0 saturated heterocycles. The molecule has 0 bridgehead atoms. The number of hydrogen-bond donors (Lipinski definition) is 0. The lowest BCUT2D eigenvalue weighted by molar-refractivity contribution is -0.386. The van der Waals surface area contributed by atoms with Crippen LogP contribution in [-0.2, 0) is 6.61 Å². The number of benzene rings is 1. The maximum absolute atomic E-state index is 12.3. The van der Waals surface area contributed by atoms with E-state index in [9.17, 15) is 14.9 Å². The van der Waals surface area contributed by atoms with E-state index < -0.39 is 4.92 Å². The van der Waals surface area contributed by atoms with Crippen LogP contribution in [0.25, 0.3) is 6.08 Å². The molecule has 0 spiro atoms. The number of rotatable bonds is 7. The molecular formula is C20H17NO5S. The van der Waals surface area contributed by atoms with E-state index in [1.54, 1.807) is 41.7 Å². The molecule has 0 aliphatic rings. The minimum atomic E-state index is -0.495. The highest BCUT2D eigenvalue weighted by Crippen LogP contribution is 2.27. The number of para-hydroxylation sites is 2. The Balaban J connectivity index is 1.64. The number of thiophene rings is 1. The molecule has 3 aromatic rings. The van der Waals surface area contributed by atoms with Crippen LogP contribution in [0, 0.1) is 24.0 Å². The molecule has 0 amide bonds. The Morgan fingerprint density at radius 1 is 1.26 bits per heavy atom. The second kappa shape index (κ2) is 8.01. The number of ketones is 1. The van der Waals surface area contributed by atoms with Gasteiger partial charge in [0.25, 0.3) is 0 Å². The van der Waals surface area contributed by atoms with Crippen molar-refractivity contribution in [2.45, 2.75) is 20.5 Å². The van der Waals surface area contributed by atoms with Crippen molar-refractivity contribution in [2.75, 3.05) is 0 Å². The third-order valence-corrected chi connectivity index (χ3v) is 4.79. The molecule has 0 aliphatic carbocycles. The van der Waals surface area contributed by atoms with Gasteiger partial charge in [-0.2, -0.15) is 0 Å². The summed E-state index contributed by atoms with van der Waals surface area (Å²) >= 11 is 1.59. The van der Waals surface area contributed by atoms with Gasteiger partial charge in [-0.05, 0) is 50.3 Å². The Hall–Kier alpha value is -3.19. The normalized spacial score (nSPS) is 11.0. The van der Waals surface area contributed by atoms with Crippen molar-refractivity contribution in [1.29, 1.82) is 0 Å². The predicted octanol–water partition coefficient (Wildman–Crippen LogP) is 5.34. The monoisotopic (exact) mass is 383 g/mol. The fourth-order valence-electron chi connectivity index (χ4n) is 2.56. The summed E-state index contributed by atoms with van der Waals surface area (Å²) in [6, 6.07) is 11.5. The molecule has 6 nitrogen and oxygen atoms in total. The fourth-order valence-corrected chi connectivity index (χ4v) is 3.49. The van der Waals surface area contributed by atoms with E-state index in [1.165, 1.54) is 18.2 Å². The molecule has 0 radical (unpaired) electrons. The molecule has 2 aromatic heterocycles. The van der Waals surface area contributed by atoms with Crippen LogP contribution in [0.15, 0.2) is 53.0 Å². The van der Waals surface area contributed by atoms with Gasteiger partial charge in [0.2, 0.25) is 0 Å². The molecule has 7 heteroatoms. The number of nitrogens with zero attached hydrogens (tertiary/aromatic N) is 1. The molecule has 138 valence electrons. The lowest BCUT2D eigenvalue weighted by atomic mass is 10.1. The van der Waals surface area contributed by atoms with Gasteiger partial charge >= 0.3 is 5.69 Å². The Labute approximate surface area is 159 Å². The molecule has 0 atom stereocenters. The summed E-state index contributed by atoms with van der Waals surface area (Å²) in [7, 11) is 0. The van der Waals surface area contributed by atoms with Gasteiger partial charge in [-0.3, -0.25) is 14.9 Å². The van der Waals surface area contributed by atoms with Crippen molar-refractivity contribution in [3.8, 4) is 5.75 Å². The summed E-state index contributed by atoms with van der Waals surface area (Å²) in [6.07, 6.45) is 3.07. The van der Waals surface area contributed by atoms with E-state index in [1.807, 2.05) is 19.9 Å². The van der Waals surface area contributed by atoms with Gasteiger partial charge in [0.15, 0.2) is 11.5 Å². The van der Waals surface area contributed by atoms with Crippen LogP contribution in [0.1, 0.15) is 31.6 Å². The maximum Gasteiger partial charge on any atom is 0.310 e. The average Bonchev–Trinajstić information content (AvgIpc) is 3.23. The Morgan fingerprint density at radius 2 is 2.04 bits per heavy atom. The highest BCUT2D eigenvalue weighted by atomic mass is 32.1. The van der Waals surface area contributed by atoms with Crippen LogP contribution in [-0.4, -0.2) is 10.7 Å². The Bertz CT molecular complexity index is 1020. The molecule has 0 N–H and O–H groups in total. The first kappa shape index (κ1) is 18.6. The van der Waals surface area contributed by atoms with Crippen LogP contribution in [0.4, 0.5) is 5.69 Å². The predicted molar refractivity (Wildman–Crippen MR) is 103 cm³/mol. The summed E-state index contributed by atoms with van der Waals surface area (Å²) < 4.78 is 11.1. The number of nitro groups is 1. The Kier molecular flexibility index (Phi) is 5.52. The van der Waals surface area contributed by atoms with Crippen LogP contribution in [0.5, 0.6) is 5.75 Å². The molecule has 27 heavy (non-hydrogen) atoms. The summed E-state index contributed by atoms with van der Waals surface area (Å²) in [5, 5.41) is 11.0. The maximum atomic E-state index is 12.3. The van der Waals surface area contributed by atoms with Gasteiger partial charge in [0, 0.05) is 21.4 Å². The van der Waals surface area contributed by atoms with E-state index in [0.717, 1.165) is 9.75 Å². The van der Waals surface area contributed by atoms with Crippen molar-refractivity contribution in [2.24, 2.45) is 0 Å². The molecule has 2 heterocycles. The Morgan fingerprint density at radius 3 is 2.74 bits per heavy atom. The second-order valence-corrected chi connectivity index (χ2v) is 7.30. The smallest absolute Gasteiger partial charge is 0.310 e. The zero-order chi connectivity index (χ0) is 19.4. The molecule has 0 fully saturated rings. The first-order valence-corrected chi connectivity index (χ1v) is 9.00. The third kappa shape index (κ3) is 4.51. The molecule has 0 aliphatic heterocycles. The van der Waals surface area contributed by atoms with Crippen molar-refractivity contribution in [3.05, 3.63) is 85.5 Å². The van der Waals surface area contributed by atoms with E-state index in [2.05, 4.69) is 0 Å². The number of ether oxygens (including phenoxy) is 1. The first-order chi connectivity index (χ1) is 12.9. The minimum Gasteiger partial charge on any atom is -0.479 e. The largest absolute Gasteiger partial charge is 0.479 e. The summed E-state index contributed by atoms with van der Waals surface area (Å²) in [5.41, 5.74) is 0.594. The highest BCUT2D eigenvalue weighted by molar-refractivity contribution is 7.12. The molecule has 1 aromatic carbocycles. The van der Waals surface area contributed by atoms with Crippen LogP contribution in [0.2, 0.25) is 0 Å². The molecule has 0 saturated carbocycles. The highest BCUT2D eigenvalue weighted by Gasteiger charge is 2.14. The van der Waals surface area contributed by atoms with Gasteiger partial charge in [-0.1, -0.05) is 12.1 Å². The van der Waals surface area contributed by atoms with Crippen LogP contribution >= 0.6 is 11.3 Å². The molecule has 3 rings (SSSR count). The van der Waals surface area contributed by atoms with Gasteiger partial charge in [-0.25, -0.2) is 0 Å². The third-order valence-electron chi connectivity index (χ3n) is 3.82. The number of aryl methyl sites for hydroxylation is 2. The van der Waals surface area contributed by atoms with Crippen molar-refractivity contribution in [1.82, 2.24) is 0 Å². The molecular weight excluding hydrogens is 366 g/mol. The summed E-state index contributed by atoms with van der Waals surface area (Å²) in [4.78, 5) is 24.8. The quantitative estimate of drug-likeness (QED) is 0.238. The van der Waals surface area contributed by atoms with E-state index >= 15 is 0 Å². The zero-order valence-electron chi connectivity index (χ0n) is 14.8. The minimum absolute atomic E-state index is 0.0511. The second-order valence-electron chi connectivity index (χ2n) is 5.84. The SMILES string of the molecule is Cc1cc(C(=O)/C=C/c2ccc(COc3ccccc3[N+](=O)[O-])o2)c(C)s1. The van der Waals surface area contributed by atoms with Gasteiger partial charge in [0.1, 0.15) is 18.1 Å². The number of furan rings is 1. The number of carbonyl (C=O) groups is 1. The van der Waals surface area contributed by atoms with Crippen molar-refractivity contribution < 1.29 is 18.9 Å².